The maximum atomic E-state index is 11.9. The molecule has 1 aliphatic heterocycles. The summed E-state index contributed by atoms with van der Waals surface area (Å²) in [6, 6.07) is 0. The highest BCUT2D eigenvalue weighted by Gasteiger charge is 2.26. The number of anilines is 1. The lowest BCUT2D eigenvalue weighted by Crippen LogP contribution is -2.53. The highest BCUT2D eigenvalue weighted by Crippen LogP contribution is 2.18. The van der Waals surface area contributed by atoms with E-state index in [2.05, 4.69) is 27.4 Å². The van der Waals surface area contributed by atoms with Gasteiger partial charge >= 0.3 is 11.8 Å². The van der Waals surface area contributed by atoms with E-state index in [1.54, 1.807) is 17.5 Å². The predicted molar refractivity (Wildman–Crippen MR) is 80.7 cm³/mol. The van der Waals surface area contributed by atoms with Gasteiger partial charge in [0.05, 0.1) is 11.5 Å². The van der Waals surface area contributed by atoms with E-state index in [1.165, 1.54) is 4.90 Å². The van der Waals surface area contributed by atoms with Crippen LogP contribution in [-0.2, 0) is 9.59 Å². The first-order valence-electron chi connectivity index (χ1n) is 6.08. The number of nitrogens with one attached hydrogen (secondary N) is 1. The van der Waals surface area contributed by atoms with E-state index in [1.807, 2.05) is 5.38 Å². The third-order valence-corrected chi connectivity index (χ3v) is 3.85. The van der Waals surface area contributed by atoms with Crippen LogP contribution < -0.4 is 16.0 Å². The largest absolute Gasteiger partial charge is 0.392 e. The van der Waals surface area contributed by atoms with Crippen LogP contribution in [0, 0.1) is 0 Å². The van der Waals surface area contributed by atoms with Crippen LogP contribution in [-0.4, -0.2) is 59.4 Å². The number of thiazole rings is 1. The molecule has 1 aromatic rings. The van der Waals surface area contributed by atoms with Gasteiger partial charge in [0, 0.05) is 37.8 Å². The summed E-state index contributed by atoms with van der Waals surface area (Å²) in [5.74, 6) is -1.21. The van der Waals surface area contributed by atoms with E-state index in [0.717, 1.165) is 5.13 Å². The summed E-state index contributed by atoms with van der Waals surface area (Å²) in [6.45, 7) is 2.38. The van der Waals surface area contributed by atoms with E-state index in [9.17, 15) is 9.59 Å². The Morgan fingerprint density at radius 3 is 2.65 bits per heavy atom. The zero-order chi connectivity index (χ0) is 14.5. The molecular weight excluding hydrogens is 298 g/mol. The summed E-state index contributed by atoms with van der Waals surface area (Å²) in [5, 5.41) is 5.25. The third kappa shape index (κ3) is 3.64. The molecule has 0 spiro atoms. The lowest BCUT2D eigenvalue weighted by Gasteiger charge is -2.34. The molecule has 20 heavy (non-hydrogen) atoms. The van der Waals surface area contributed by atoms with Gasteiger partial charge in [0.15, 0.2) is 5.13 Å². The van der Waals surface area contributed by atoms with Crippen molar-refractivity contribution in [3.63, 3.8) is 0 Å². The molecule has 2 rings (SSSR count). The molecular formula is C11H15N5O2S2. The van der Waals surface area contributed by atoms with Crippen molar-refractivity contribution in [2.24, 2.45) is 5.73 Å². The van der Waals surface area contributed by atoms with Gasteiger partial charge in [0.1, 0.15) is 0 Å². The molecule has 7 nitrogen and oxygen atoms in total. The Morgan fingerprint density at radius 2 is 2.10 bits per heavy atom. The zero-order valence-electron chi connectivity index (χ0n) is 10.7. The van der Waals surface area contributed by atoms with Crippen molar-refractivity contribution in [1.82, 2.24) is 15.2 Å². The van der Waals surface area contributed by atoms with Crippen molar-refractivity contribution in [3.05, 3.63) is 11.6 Å². The van der Waals surface area contributed by atoms with Gasteiger partial charge in [-0.25, -0.2) is 4.98 Å². The topological polar surface area (TPSA) is 91.6 Å². The Balaban J connectivity index is 1.82. The lowest BCUT2D eigenvalue weighted by atomic mass is 10.3. The summed E-state index contributed by atoms with van der Waals surface area (Å²) in [5.41, 5.74) is 5.27. The van der Waals surface area contributed by atoms with Crippen LogP contribution in [0.25, 0.3) is 0 Å². The minimum absolute atomic E-state index is 0.0407. The van der Waals surface area contributed by atoms with Crippen LogP contribution in [0.15, 0.2) is 11.6 Å². The highest BCUT2D eigenvalue weighted by atomic mass is 32.1. The number of hydrogen-bond donors (Lipinski definition) is 2. The lowest BCUT2D eigenvalue weighted by molar-refractivity contribution is -0.145. The Morgan fingerprint density at radius 1 is 1.40 bits per heavy atom. The summed E-state index contributed by atoms with van der Waals surface area (Å²) >= 11 is 6.20. The third-order valence-electron chi connectivity index (χ3n) is 2.87. The summed E-state index contributed by atoms with van der Waals surface area (Å²) < 4.78 is 0. The van der Waals surface area contributed by atoms with Gasteiger partial charge in [0.2, 0.25) is 0 Å². The summed E-state index contributed by atoms with van der Waals surface area (Å²) in [7, 11) is 0. The average molecular weight is 313 g/mol. The Hall–Kier alpha value is -1.74. The highest BCUT2D eigenvalue weighted by molar-refractivity contribution is 7.80. The molecule has 108 valence electrons. The Labute approximate surface area is 125 Å². The molecule has 3 N–H and O–H groups in total. The second-order valence-corrected chi connectivity index (χ2v) is 5.64. The number of thiocarbonyl (C=S) groups is 1. The number of carbonyl (C=O) groups is 2. The van der Waals surface area contributed by atoms with Gasteiger partial charge in [-0.1, -0.05) is 12.2 Å². The summed E-state index contributed by atoms with van der Waals surface area (Å²) in [4.78, 5) is 31.5. The fraction of sp³-hybridized carbons (Fsp3) is 0.455. The van der Waals surface area contributed by atoms with Crippen molar-refractivity contribution < 1.29 is 9.59 Å². The fourth-order valence-corrected chi connectivity index (χ4v) is 2.63. The van der Waals surface area contributed by atoms with E-state index in [4.69, 9.17) is 5.73 Å². The van der Waals surface area contributed by atoms with Gasteiger partial charge < -0.3 is 20.9 Å². The molecule has 0 radical (unpaired) electrons. The number of amides is 2. The number of piperazine rings is 1. The van der Waals surface area contributed by atoms with Gasteiger partial charge in [-0.05, 0) is 0 Å². The first-order valence-corrected chi connectivity index (χ1v) is 7.36. The number of rotatable bonds is 3. The smallest absolute Gasteiger partial charge is 0.312 e. The molecule has 0 atom stereocenters. The van der Waals surface area contributed by atoms with E-state index in [-0.39, 0.29) is 11.5 Å². The van der Waals surface area contributed by atoms with Gasteiger partial charge in [-0.2, -0.15) is 0 Å². The molecule has 0 unspecified atom stereocenters. The van der Waals surface area contributed by atoms with Crippen LogP contribution in [0.5, 0.6) is 0 Å². The van der Waals surface area contributed by atoms with Crippen molar-refractivity contribution in [2.75, 3.05) is 37.6 Å². The van der Waals surface area contributed by atoms with Crippen molar-refractivity contribution >= 4 is 45.5 Å². The predicted octanol–water partition coefficient (Wildman–Crippen LogP) is -0.806. The molecule has 9 heteroatoms. The quantitative estimate of drug-likeness (QED) is 0.560. The maximum absolute atomic E-state index is 11.9. The van der Waals surface area contributed by atoms with Crippen LogP contribution in [0.4, 0.5) is 5.13 Å². The van der Waals surface area contributed by atoms with Crippen molar-refractivity contribution in [1.29, 1.82) is 0 Å². The molecule has 2 heterocycles. The van der Waals surface area contributed by atoms with Crippen LogP contribution in [0.3, 0.4) is 0 Å². The molecule has 1 fully saturated rings. The number of aromatic nitrogens is 1. The molecule has 0 aliphatic carbocycles. The molecule has 1 saturated heterocycles. The summed E-state index contributed by atoms with van der Waals surface area (Å²) in [6.07, 6.45) is 1.75. The Bertz CT molecular complexity index is 497. The van der Waals surface area contributed by atoms with Crippen LogP contribution >= 0.6 is 23.6 Å². The molecule has 0 saturated carbocycles. The standard InChI is InChI=1S/C11H15N5O2S2/c12-8(19)7-14-9(17)10(18)15-2-4-16(5-3-15)11-13-1-6-20-11/h1,6H,2-5,7H2,(H2,12,19)(H,14,17). The maximum Gasteiger partial charge on any atom is 0.312 e. The first-order chi connectivity index (χ1) is 9.58. The zero-order valence-corrected chi connectivity index (χ0v) is 12.4. The van der Waals surface area contributed by atoms with Crippen LogP contribution in [0.1, 0.15) is 0 Å². The van der Waals surface area contributed by atoms with Gasteiger partial charge in [-0.15, -0.1) is 11.3 Å². The number of carbonyl (C=O) groups excluding carboxylic acids is 2. The monoisotopic (exact) mass is 313 g/mol. The second kappa shape index (κ2) is 6.62. The second-order valence-electron chi connectivity index (χ2n) is 4.24. The molecule has 1 aliphatic rings. The van der Waals surface area contributed by atoms with Gasteiger partial charge in [0.25, 0.3) is 0 Å². The van der Waals surface area contributed by atoms with Crippen LogP contribution in [0.2, 0.25) is 0 Å². The minimum atomic E-state index is -0.666. The minimum Gasteiger partial charge on any atom is -0.392 e. The fourth-order valence-electron chi connectivity index (χ4n) is 1.86. The van der Waals surface area contributed by atoms with Crippen molar-refractivity contribution in [2.45, 2.75) is 0 Å². The van der Waals surface area contributed by atoms with E-state index < -0.39 is 11.8 Å². The first kappa shape index (κ1) is 14.7. The molecule has 2 amide bonds. The van der Waals surface area contributed by atoms with Gasteiger partial charge in [-0.3, -0.25) is 9.59 Å². The van der Waals surface area contributed by atoms with E-state index in [0.29, 0.717) is 26.2 Å². The number of nitrogens with zero attached hydrogens (tertiary/aromatic N) is 3. The molecule has 1 aromatic heterocycles. The number of nitrogens with two attached hydrogens (primary N) is 1. The molecule has 0 bridgehead atoms. The Kier molecular flexibility index (Phi) is 4.85. The SMILES string of the molecule is NC(=S)CNC(=O)C(=O)N1CCN(c2nccs2)CC1. The normalized spacial score (nSPS) is 15.0. The van der Waals surface area contributed by atoms with E-state index >= 15 is 0 Å². The molecule has 0 aromatic carbocycles. The number of hydrogen-bond acceptors (Lipinski definition) is 6. The average Bonchev–Trinajstić information content (AvgIpc) is 2.98. The van der Waals surface area contributed by atoms with Crippen molar-refractivity contribution in [3.8, 4) is 0 Å².